The zero-order valence-corrected chi connectivity index (χ0v) is 21.1. The molecule has 0 fully saturated rings. The molecular weight excluding hydrogens is 494 g/mol. The van der Waals surface area contributed by atoms with E-state index in [1.807, 2.05) is 0 Å². The van der Waals surface area contributed by atoms with Gasteiger partial charge in [-0.2, -0.15) is 0 Å². The first kappa shape index (κ1) is 25.9. The third-order valence-corrected chi connectivity index (χ3v) is 7.17. The summed E-state index contributed by atoms with van der Waals surface area (Å²) in [6.07, 6.45) is 0.985. The smallest absolute Gasteiger partial charge is 0.264 e. The Morgan fingerprint density at radius 1 is 0.971 bits per heavy atom. The number of nitrogens with one attached hydrogen (secondary N) is 2. The van der Waals surface area contributed by atoms with Gasteiger partial charge in [-0.25, -0.2) is 31.5 Å². The molecule has 3 rings (SSSR count). The highest BCUT2D eigenvalue weighted by molar-refractivity contribution is 7.92. The Morgan fingerprint density at radius 2 is 1.57 bits per heavy atom. The molecule has 1 aromatic heterocycles. The molecule has 0 radical (unpaired) electrons. The summed E-state index contributed by atoms with van der Waals surface area (Å²) in [7, 11) is -6.37. The third kappa shape index (κ3) is 6.67. The molecule has 0 spiro atoms. The predicted octanol–water partition coefficient (Wildman–Crippen LogP) is 2.31. The van der Waals surface area contributed by atoms with Crippen LogP contribution in [0.2, 0.25) is 0 Å². The van der Waals surface area contributed by atoms with Gasteiger partial charge in [-0.15, -0.1) is 0 Å². The van der Waals surface area contributed by atoms with Gasteiger partial charge in [-0.05, 0) is 56.3 Å². The molecule has 0 bridgehead atoms. The van der Waals surface area contributed by atoms with Crippen molar-refractivity contribution in [3.8, 4) is 5.75 Å². The summed E-state index contributed by atoms with van der Waals surface area (Å²) in [4.78, 5) is 20.7. The fourth-order valence-corrected chi connectivity index (χ4v) is 5.02. The van der Waals surface area contributed by atoms with Gasteiger partial charge in [-0.1, -0.05) is 12.1 Å². The molecule has 186 valence electrons. The van der Waals surface area contributed by atoms with Crippen molar-refractivity contribution in [2.24, 2.45) is 0 Å². The zero-order chi connectivity index (χ0) is 25.8. The van der Waals surface area contributed by atoms with Gasteiger partial charge in [0.15, 0.2) is 0 Å². The van der Waals surface area contributed by atoms with Gasteiger partial charge in [0, 0.05) is 17.1 Å². The summed E-state index contributed by atoms with van der Waals surface area (Å²) < 4.78 is 58.5. The van der Waals surface area contributed by atoms with E-state index in [2.05, 4.69) is 20.0 Å². The lowest BCUT2D eigenvalue weighted by Crippen LogP contribution is -2.37. The Hall–Kier alpha value is -3.71. The number of nitrogens with zero attached hydrogens (tertiary/aromatic N) is 3. The Labute approximate surface area is 204 Å². The van der Waals surface area contributed by atoms with Gasteiger partial charge in [0.2, 0.25) is 21.9 Å². The Kier molecular flexibility index (Phi) is 7.60. The van der Waals surface area contributed by atoms with Crippen LogP contribution in [0.5, 0.6) is 5.75 Å². The molecule has 1 heterocycles. The molecule has 0 aliphatic rings. The lowest BCUT2D eigenvalue weighted by Gasteiger charge is -2.23. The van der Waals surface area contributed by atoms with Crippen molar-refractivity contribution >= 4 is 43.3 Å². The number of benzene rings is 2. The van der Waals surface area contributed by atoms with Crippen molar-refractivity contribution in [3.63, 3.8) is 0 Å². The van der Waals surface area contributed by atoms with Crippen molar-refractivity contribution in [1.29, 1.82) is 0 Å². The third-order valence-electron chi connectivity index (χ3n) is 4.70. The lowest BCUT2D eigenvalue weighted by molar-refractivity contribution is -0.114. The number of carbonyl (C=O) groups excluding carboxylic acids is 1. The van der Waals surface area contributed by atoms with Crippen molar-refractivity contribution in [2.75, 3.05) is 34.3 Å². The number of carbonyl (C=O) groups is 1. The predicted molar refractivity (Wildman–Crippen MR) is 133 cm³/mol. The van der Waals surface area contributed by atoms with E-state index in [1.165, 1.54) is 37.4 Å². The fraction of sp³-hybridized carbons (Fsp3) is 0.227. The first-order valence-corrected chi connectivity index (χ1v) is 13.6. The summed E-state index contributed by atoms with van der Waals surface area (Å²) >= 11 is 0. The molecule has 0 aliphatic carbocycles. The second-order valence-corrected chi connectivity index (χ2v) is 11.2. The minimum Gasteiger partial charge on any atom is -0.495 e. The minimum atomic E-state index is -3.96. The number of ether oxygens (including phenoxy) is 1. The summed E-state index contributed by atoms with van der Waals surface area (Å²) in [6, 6.07) is 13.5. The monoisotopic (exact) mass is 519 g/mol. The number of aryl methyl sites for hydroxylation is 2. The molecule has 2 aromatic carbocycles. The molecule has 0 saturated heterocycles. The van der Waals surface area contributed by atoms with Crippen LogP contribution < -0.4 is 19.1 Å². The summed E-state index contributed by atoms with van der Waals surface area (Å²) in [5.74, 6) is -0.378. The van der Waals surface area contributed by atoms with E-state index in [0.717, 1.165) is 10.6 Å². The molecule has 13 heteroatoms. The van der Waals surface area contributed by atoms with Gasteiger partial charge in [0.1, 0.15) is 12.3 Å². The molecule has 11 nitrogen and oxygen atoms in total. The minimum absolute atomic E-state index is 0.0444. The number of anilines is 3. The van der Waals surface area contributed by atoms with E-state index in [4.69, 9.17) is 4.74 Å². The molecule has 3 aromatic rings. The topological polar surface area (TPSA) is 148 Å². The van der Waals surface area contributed by atoms with E-state index >= 15 is 0 Å². The number of aromatic nitrogens is 2. The van der Waals surface area contributed by atoms with Crippen LogP contribution in [0.4, 0.5) is 17.3 Å². The largest absolute Gasteiger partial charge is 0.495 e. The van der Waals surface area contributed by atoms with Gasteiger partial charge >= 0.3 is 0 Å². The fourth-order valence-electron chi connectivity index (χ4n) is 3.22. The summed E-state index contributed by atoms with van der Waals surface area (Å²) in [5, 5.41) is 2.57. The lowest BCUT2D eigenvalue weighted by atomic mass is 10.3. The highest BCUT2D eigenvalue weighted by Gasteiger charge is 2.24. The van der Waals surface area contributed by atoms with Crippen LogP contribution in [0.3, 0.4) is 0 Å². The van der Waals surface area contributed by atoms with Crippen LogP contribution in [0.25, 0.3) is 0 Å². The van der Waals surface area contributed by atoms with E-state index in [9.17, 15) is 21.6 Å². The average Bonchev–Trinajstić information content (AvgIpc) is 2.76. The van der Waals surface area contributed by atoms with Crippen LogP contribution in [0.1, 0.15) is 11.4 Å². The maximum absolute atomic E-state index is 12.7. The summed E-state index contributed by atoms with van der Waals surface area (Å²) in [5.41, 5.74) is 1.73. The SMILES string of the molecule is COc1ccccc1N(CC(=O)Nc1ccc(S(=O)(=O)Nc2nc(C)cc(C)n2)cc1)S(C)(=O)=O. The zero-order valence-electron chi connectivity index (χ0n) is 19.5. The normalized spacial score (nSPS) is 11.5. The van der Waals surface area contributed by atoms with Crippen molar-refractivity contribution < 1.29 is 26.4 Å². The van der Waals surface area contributed by atoms with Gasteiger partial charge in [-0.3, -0.25) is 9.10 Å². The second kappa shape index (κ2) is 10.3. The quantitative estimate of drug-likeness (QED) is 0.438. The molecule has 1 amide bonds. The van der Waals surface area contributed by atoms with Gasteiger partial charge in [0.25, 0.3) is 10.0 Å². The number of sulfonamides is 2. The van der Waals surface area contributed by atoms with Crippen molar-refractivity contribution in [1.82, 2.24) is 9.97 Å². The maximum atomic E-state index is 12.7. The number of para-hydroxylation sites is 2. The first-order chi connectivity index (χ1) is 16.4. The van der Waals surface area contributed by atoms with Crippen LogP contribution in [-0.4, -0.2) is 52.6 Å². The number of hydrogen-bond acceptors (Lipinski definition) is 8. The Balaban J connectivity index is 1.74. The molecule has 2 N–H and O–H groups in total. The molecule has 0 atom stereocenters. The van der Waals surface area contributed by atoms with Crippen LogP contribution in [0.15, 0.2) is 59.5 Å². The van der Waals surface area contributed by atoms with Crippen LogP contribution >= 0.6 is 0 Å². The van der Waals surface area contributed by atoms with Gasteiger partial charge in [0.05, 0.1) is 23.9 Å². The van der Waals surface area contributed by atoms with E-state index in [1.54, 1.807) is 38.1 Å². The highest BCUT2D eigenvalue weighted by Crippen LogP contribution is 2.29. The van der Waals surface area contributed by atoms with Crippen LogP contribution in [-0.2, 0) is 24.8 Å². The average molecular weight is 520 g/mol. The molecular formula is C22H25N5O6S2. The Morgan fingerprint density at radius 3 is 2.14 bits per heavy atom. The van der Waals surface area contributed by atoms with E-state index < -0.39 is 32.5 Å². The summed E-state index contributed by atoms with van der Waals surface area (Å²) in [6.45, 7) is 2.94. The standard InChI is InChI=1S/C22H25N5O6S2/c1-15-13-16(2)24-22(23-15)26-35(31,32)18-11-9-17(10-12-18)25-21(28)14-27(34(4,29)30)19-7-5-6-8-20(19)33-3/h5-13H,14H2,1-4H3,(H,25,28)(H,23,24,26). The molecule has 35 heavy (non-hydrogen) atoms. The number of rotatable bonds is 9. The molecule has 0 aliphatic heterocycles. The van der Waals surface area contributed by atoms with Crippen LogP contribution in [0, 0.1) is 13.8 Å². The van der Waals surface area contributed by atoms with Gasteiger partial charge < -0.3 is 10.1 Å². The van der Waals surface area contributed by atoms with Crippen molar-refractivity contribution in [2.45, 2.75) is 18.7 Å². The molecule has 0 unspecified atom stereocenters. The number of amides is 1. The highest BCUT2D eigenvalue weighted by atomic mass is 32.2. The van der Waals surface area contributed by atoms with E-state index in [0.29, 0.717) is 17.1 Å². The number of hydrogen-bond donors (Lipinski definition) is 2. The maximum Gasteiger partial charge on any atom is 0.264 e. The Bertz CT molecular complexity index is 1420. The first-order valence-electron chi connectivity index (χ1n) is 10.2. The molecule has 0 saturated carbocycles. The second-order valence-electron chi connectivity index (χ2n) is 7.59. The van der Waals surface area contributed by atoms with Crippen molar-refractivity contribution in [3.05, 3.63) is 66.0 Å². The number of methoxy groups -OCH3 is 1. The van der Waals surface area contributed by atoms with E-state index in [-0.39, 0.29) is 22.2 Å².